The van der Waals surface area contributed by atoms with Crippen LogP contribution in [0, 0.1) is 0 Å². The summed E-state index contributed by atoms with van der Waals surface area (Å²) in [7, 11) is 0. The van der Waals surface area contributed by atoms with Gasteiger partial charge in [0, 0.05) is 22.9 Å². The first-order valence-corrected chi connectivity index (χ1v) is 14.1. The van der Waals surface area contributed by atoms with Crippen LogP contribution in [0.1, 0.15) is 58.9 Å². The molecule has 4 rings (SSSR count). The Kier molecular flexibility index (Phi) is 8.87. The van der Waals surface area contributed by atoms with Crippen LogP contribution in [0.2, 0.25) is 5.02 Å². The number of carbonyl (C=O) groups excluding carboxylic acids is 2. The fourth-order valence-electron chi connectivity index (χ4n) is 4.09. The van der Waals surface area contributed by atoms with Crippen molar-refractivity contribution in [3.8, 4) is 0 Å². The van der Waals surface area contributed by atoms with Gasteiger partial charge in [-0.15, -0.1) is 28.1 Å². The van der Waals surface area contributed by atoms with Gasteiger partial charge >= 0.3 is 5.97 Å². The molecule has 1 aliphatic carbocycles. The van der Waals surface area contributed by atoms with Gasteiger partial charge in [0.05, 0.1) is 17.4 Å². The number of amides is 1. The lowest BCUT2D eigenvalue weighted by Crippen LogP contribution is -2.19. The van der Waals surface area contributed by atoms with E-state index < -0.39 is 0 Å². The quantitative estimate of drug-likeness (QED) is 0.193. The predicted molar refractivity (Wildman–Crippen MR) is 145 cm³/mol. The minimum absolute atomic E-state index is 0.136. The molecule has 0 spiro atoms. The molecule has 0 saturated heterocycles. The van der Waals surface area contributed by atoms with Crippen LogP contribution in [0.5, 0.6) is 0 Å². The molecule has 3 aromatic rings. The van der Waals surface area contributed by atoms with Crippen molar-refractivity contribution in [3.05, 3.63) is 69.3 Å². The molecule has 1 amide bonds. The Morgan fingerprint density at radius 2 is 2.00 bits per heavy atom. The Bertz CT molecular complexity index is 1250. The highest BCUT2D eigenvalue weighted by molar-refractivity contribution is 7.99. The molecule has 0 fully saturated rings. The summed E-state index contributed by atoms with van der Waals surface area (Å²) >= 11 is 8.79. The normalized spacial score (nSPS) is 12.9. The minimum atomic E-state index is -0.370. The van der Waals surface area contributed by atoms with Gasteiger partial charge < -0.3 is 14.6 Å². The van der Waals surface area contributed by atoms with Crippen molar-refractivity contribution in [3.63, 3.8) is 0 Å². The maximum atomic E-state index is 12.9. The molecule has 0 unspecified atom stereocenters. The minimum Gasteiger partial charge on any atom is -0.459 e. The summed E-state index contributed by atoms with van der Waals surface area (Å²) < 4.78 is 7.44. The van der Waals surface area contributed by atoms with Crippen LogP contribution in [0.3, 0.4) is 0 Å². The fourth-order valence-corrected chi connectivity index (χ4v) is 6.28. The average molecular weight is 545 g/mol. The number of thioether (sulfide) groups is 1. The second-order valence-electron chi connectivity index (χ2n) is 8.81. The maximum absolute atomic E-state index is 12.9. The van der Waals surface area contributed by atoms with E-state index in [1.807, 2.05) is 42.7 Å². The molecular formula is C26H29ClN4O3S2. The third-order valence-corrected chi connectivity index (χ3v) is 8.11. The molecule has 1 aromatic carbocycles. The van der Waals surface area contributed by atoms with E-state index in [1.165, 1.54) is 23.1 Å². The number of ether oxygens (including phenoxy) is 1. The predicted octanol–water partition coefficient (Wildman–Crippen LogP) is 5.94. The van der Waals surface area contributed by atoms with Crippen molar-refractivity contribution in [2.45, 2.75) is 63.8 Å². The molecule has 2 aromatic heterocycles. The van der Waals surface area contributed by atoms with Gasteiger partial charge in [-0.25, -0.2) is 4.79 Å². The molecule has 190 valence electrons. The van der Waals surface area contributed by atoms with Gasteiger partial charge in [-0.05, 0) is 62.8 Å². The van der Waals surface area contributed by atoms with Crippen molar-refractivity contribution in [2.75, 3.05) is 11.1 Å². The van der Waals surface area contributed by atoms with Gasteiger partial charge in [-0.2, -0.15) is 0 Å². The standard InChI is InChI=1S/C26H29ClN4O3S2/c1-4-13-31-21(14-17-9-11-18(27)12-10-17)29-30-26(31)35-15-22(32)28-24-23(25(33)34-16(2)3)19-7-5-6-8-20(19)36-24/h4,9-12,16H,1,5-8,13-15H2,2-3H3,(H,28,32). The van der Waals surface area contributed by atoms with E-state index in [2.05, 4.69) is 22.1 Å². The van der Waals surface area contributed by atoms with Crippen molar-refractivity contribution < 1.29 is 14.3 Å². The zero-order valence-corrected chi connectivity index (χ0v) is 22.8. The molecule has 7 nitrogen and oxygen atoms in total. The highest BCUT2D eigenvalue weighted by Crippen LogP contribution is 2.39. The number of esters is 1. The van der Waals surface area contributed by atoms with E-state index in [0.29, 0.717) is 33.7 Å². The number of nitrogens with one attached hydrogen (secondary N) is 1. The molecule has 0 bridgehead atoms. The second kappa shape index (κ2) is 12.1. The van der Waals surface area contributed by atoms with Gasteiger partial charge in [0.15, 0.2) is 5.16 Å². The molecule has 0 saturated carbocycles. The zero-order valence-electron chi connectivity index (χ0n) is 20.4. The van der Waals surface area contributed by atoms with Crippen LogP contribution < -0.4 is 5.32 Å². The third kappa shape index (κ3) is 6.38. The number of fused-ring (bicyclic) bond motifs is 1. The van der Waals surface area contributed by atoms with E-state index >= 15 is 0 Å². The Morgan fingerprint density at radius 3 is 2.72 bits per heavy atom. The lowest BCUT2D eigenvalue weighted by Gasteiger charge is -2.14. The molecule has 2 heterocycles. The van der Waals surface area contributed by atoms with Gasteiger partial charge in [-0.3, -0.25) is 4.79 Å². The fraction of sp³-hybridized carbons (Fsp3) is 0.385. The Labute approximate surface area is 224 Å². The van der Waals surface area contributed by atoms with Crippen LogP contribution in [-0.2, 0) is 35.3 Å². The zero-order chi connectivity index (χ0) is 25.7. The number of benzene rings is 1. The largest absolute Gasteiger partial charge is 0.459 e. The SMILES string of the molecule is C=CCn1c(Cc2ccc(Cl)cc2)nnc1SCC(=O)Nc1sc2c(c1C(=O)OC(C)C)CCCC2. The monoisotopic (exact) mass is 544 g/mol. The Balaban J connectivity index is 1.46. The highest BCUT2D eigenvalue weighted by Gasteiger charge is 2.28. The highest BCUT2D eigenvalue weighted by atomic mass is 35.5. The maximum Gasteiger partial charge on any atom is 0.341 e. The second-order valence-corrected chi connectivity index (χ2v) is 11.3. The molecule has 0 atom stereocenters. The first-order chi connectivity index (χ1) is 17.4. The van der Waals surface area contributed by atoms with Crippen LogP contribution in [-0.4, -0.2) is 38.5 Å². The first kappa shape index (κ1) is 26.4. The molecule has 1 N–H and O–H groups in total. The van der Waals surface area contributed by atoms with E-state index in [9.17, 15) is 9.59 Å². The summed E-state index contributed by atoms with van der Waals surface area (Å²) in [6, 6.07) is 7.60. The average Bonchev–Trinajstić information content (AvgIpc) is 3.39. The summed E-state index contributed by atoms with van der Waals surface area (Å²) in [6.45, 7) is 8.02. The molecule has 0 radical (unpaired) electrons. The number of carbonyl (C=O) groups is 2. The Hall–Kier alpha value is -2.62. The van der Waals surface area contributed by atoms with Crippen LogP contribution in [0.4, 0.5) is 5.00 Å². The number of halogens is 1. The number of hydrogen-bond donors (Lipinski definition) is 1. The van der Waals surface area contributed by atoms with E-state index in [4.69, 9.17) is 16.3 Å². The summed E-state index contributed by atoms with van der Waals surface area (Å²) in [4.78, 5) is 26.9. The number of rotatable bonds is 10. The number of hydrogen-bond acceptors (Lipinski definition) is 7. The topological polar surface area (TPSA) is 86.1 Å². The van der Waals surface area contributed by atoms with Crippen LogP contribution in [0.25, 0.3) is 0 Å². The van der Waals surface area contributed by atoms with E-state index in [-0.39, 0.29) is 23.7 Å². The van der Waals surface area contributed by atoms with Crippen molar-refractivity contribution in [2.24, 2.45) is 0 Å². The van der Waals surface area contributed by atoms with Gasteiger partial charge in [0.1, 0.15) is 10.8 Å². The number of allylic oxidation sites excluding steroid dienone is 1. The smallest absolute Gasteiger partial charge is 0.341 e. The van der Waals surface area contributed by atoms with Gasteiger partial charge in [0.2, 0.25) is 5.91 Å². The molecule has 0 aliphatic heterocycles. The first-order valence-electron chi connectivity index (χ1n) is 11.9. The summed E-state index contributed by atoms with van der Waals surface area (Å²) in [5.74, 6) is 0.344. The number of anilines is 1. The lowest BCUT2D eigenvalue weighted by atomic mass is 9.95. The molecule has 36 heavy (non-hydrogen) atoms. The van der Waals surface area contributed by atoms with Crippen molar-refractivity contribution >= 4 is 51.6 Å². The number of thiophene rings is 1. The van der Waals surface area contributed by atoms with Crippen molar-refractivity contribution in [1.29, 1.82) is 0 Å². The van der Waals surface area contributed by atoms with E-state index in [1.54, 1.807) is 6.08 Å². The lowest BCUT2D eigenvalue weighted by molar-refractivity contribution is -0.113. The van der Waals surface area contributed by atoms with Crippen molar-refractivity contribution in [1.82, 2.24) is 14.8 Å². The number of aromatic nitrogens is 3. The summed E-state index contributed by atoms with van der Waals surface area (Å²) in [5.41, 5.74) is 2.60. The third-order valence-electron chi connectivity index (χ3n) is 5.68. The van der Waals surface area contributed by atoms with Gasteiger partial charge in [0.25, 0.3) is 0 Å². The number of aryl methyl sites for hydroxylation is 1. The van der Waals surface area contributed by atoms with Gasteiger partial charge in [-0.1, -0.05) is 41.6 Å². The molecular weight excluding hydrogens is 516 g/mol. The number of nitrogens with zero attached hydrogens (tertiary/aromatic N) is 3. The molecule has 10 heteroatoms. The Morgan fingerprint density at radius 1 is 1.25 bits per heavy atom. The van der Waals surface area contributed by atoms with Crippen LogP contribution in [0.15, 0.2) is 42.1 Å². The summed E-state index contributed by atoms with van der Waals surface area (Å²) in [5, 5.41) is 13.5. The molecule has 1 aliphatic rings. The van der Waals surface area contributed by atoms with E-state index in [0.717, 1.165) is 47.5 Å². The van der Waals surface area contributed by atoms with Crippen LogP contribution >= 0.6 is 34.7 Å². The summed E-state index contributed by atoms with van der Waals surface area (Å²) in [6.07, 6.45) is 6.02.